The van der Waals surface area contributed by atoms with Gasteiger partial charge < -0.3 is 15.5 Å². The van der Waals surface area contributed by atoms with Crippen molar-refractivity contribution < 1.29 is 8.78 Å². The SMILES string of the molecule is CN=C(NCc1ncc(C)s1)NCC(c1c(F)cccc1F)N(C)C.I. The molecular weight excluding hydrogens is 471 g/mol. The number of guanidine groups is 1. The lowest BCUT2D eigenvalue weighted by Gasteiger charge is -2.26. The smallest absolute Gasteiger partial charge is 0.191 e. The van der Waals surface area contributed by atoms with Gasteiger partial charge in [0.2, 0.25) is 0 Å². The minimum Gasteiger partial charge on any atom is -0.354 e. The first kappa shape index (κ1) is 22.7. The van der Waals surface area contributed by atoms with Crippen molar-refractivity contribution in [1.29, 1.82) is 0 Å². The molecule has 1 atom stereocenters. The normalized spacial score (nSPS) is 12.7. The van der Waals surface area contributed by atoms with E-state index in [0.29, 0.717) is 19.0 Å². The molecule has 144 valence electrons. The van der Waals surface area contributed by atoms with Crippen LogP contribution in [0.1, 0.15) is 21.5 Å². The van der Waals surface area contributed by atoms with Crippen molar-refractivity contribution >= 4 is 41.3 Å². The molecule has 0 fully saturated rings. The lowest BCUT2D eigenvalue weighted by molar-refractivity contribution is 0.282. The number of nitrogens with zero attached hydrogens (tertiary/aromatic N) is 3. The molecule has 0 spiro atoms. The van der Waals surface area contributed by atoms with Crippen LogP contribution < -0.4 is 10.6 Å². The van der Waals surface area contributed by atoms with E-state index in [2.05, 4.69) is 20.6 Å². The van der Waals surface area contributed by atoms with E-state index in [4.69, 9.17) is 0 Å². The van der Waals surface area contributed by atoms with E-state index in [1.54, 1.807) is 37.4 Å². The second-order valence-corrected chi connectivity index (χ2v) is 7.11. The number of likely N-dealkylation sites (N-methyl/N-ethyl adjacent to an activating group) is 1. The van der Waals surface area contributed by atoms with E-state index >= 15 is 0 Å². The summed E-state index contributed by atoms with van der Waals surface area (Å²) in [6.45, 7) is 2.85. The minimum absolute atomic E-state index is 0. The Morgan fingerprint density at radius 2 is 1.92 bits per heavy atom. The number of thiazole rings is 1. The first-order chi connectivity index (χ1) is 11.9. The summed E-state index contributed by atoms with van der Waals surface area (Å²) in [6.07, 6.45) is 1.82. The lowest BCUT2D eigenvalue weighted by Crippen LogP contribution is -2.41. The van der Waals surface area contributed by atoms with Crippen LogP contribution in [0, 0.1) is 18.6 Å². The summed E-state index contributed by atoms with van der Waals surface area (Å²) in [4.78, 5) is 11.3. The van der Waals surface area contributed by atoms with Gasteiger partial charge in [-0.15, -0.1) is 35.3 Å². The van der Waals surface area contributed by atoms with Crippen LogP contribution in [0.3, 0.4) is 0 Å². The van der Waals surface area contributed by atoms with E-state index in [1.165, 1.54) is 18.2 Å². The second-order valence-electron chi connectivity index (χ2n) is 5.79. The van der Waals surface area contributed by atoms with Gasteiger partial charge in [0.15, 0.2) is 5.96 Å². The van der Waals surface area contributed by atoms with E-state index < -0.39 is 17.7 Å². The third-order valence-electron chi connectivity index (χ3n) is 3.72. The Morgan fingerprint density at radius 3 is 2.42 bits per heavy atom. The molecule has 0 aliphatic carbocycles. The molecule has 5 nitrogen and oxygen atoms in total. The number of hydrogen-bond acceptors (Lipinski definition) is 4. The van der Waals surface area contributed by atoms with Gasteiger partial charge in [-0.05, 0) is 33.2 Å². The molecule has 0 aliphatic rings. The summed E-state index contributed by atoms with van der Waals surface area (Å²) in [5.41, 5.74) is 0.0472. The molecule has 2 rings (SSSR count). The van der Waals surface area contributed by atoms with Crippen molar-refractivity contribution in [3.8, 4) is 0 Å². The van der Waals surface area contributed by atoms with E-state index in [1.807, 2.05) is 13.1 Å². The van der Waals surface area contributed by atoms with Crippen molar-refractivity contribution in [2.24, 2.45) is 4.99 Å². The molecule has 0 radical (unpaired) electrons. The monoisotopic (exact) mass is 495 g/mol. The minimum atomic E-state index is -0.554. The summed E-state index contributed by atoms with van der Waals surface area (Å²) >= 11 is 1.61. The molecular formula is C17H24F2IN5S. The number of aliphatic imine (C=N–C) groups is 1. The maximum Gasteiger partial charge on any atom is 0.191 e. The molecule has 9 heteroatoms. The number of hydrogen-bond donors (Lipinski definition) is 2. The Balaban J connectivity index is 0.00000338. The Labute approximate surface area is 173 Å². The van der Waals surface area contributed by atoms with Crippen molar-refractivity contribution in [1.82, 2.24) is 20.5 Å². The second kappa shape index (κ2) is 10.7. The highest BCUT2D eigenvalue weighted by Gasteiger charge is 2.22. The predicted molar refractivity (Wildman–Crippen MR) is 113 cm³/mol. The maximum absolute atomic E-state index is 14.1. The highest BCUT2D eigenvalue weighted by atomic mass is 127. The van der Waals surface area contributed by atoms with Gasteiger partial charge in [-0.25, -0.2) is 13.8 Å². The predicted octanol–water partition coefficient (Wildman–Crippen LogP) is 3.32. The van der Waals surface area contributed by atoms with Crippen LogP contribution in [-0.2, 0) is 6.54 Å². The lowest BCUT2D eigenvalue weighted by atomic mass is 10.0. The van der Waals surface area contributed by atoms with Crippen molar-refractivity contribution in [2.75, 3.05) is 27.7 Å². The molecule has 1 aromatic heterocycles. The number of aromatic nitrogens is 1. The Kier molecular flexibility index (Phi) is 9.37. The van der Waals surface area contributed by atoms with Gasteiger partial charge in [0.05, 0.1) is 12.6 Å². The molecule has 0 aliphatic heterocycles. The third kappa shape index (κ3) is 6.13. The molecule has 2 aromatic rings. The van der Waals surface area contributed by atoms with Crippen LogP contribution in [0.25, 0.3) is 0 Å². The number of aryl methyl sites for hydroxylation is 1. The maximum atomic E-state index is 14.1. The van der Waals surface area contributed by atoms with E-state index in [9.17, 15) is 8.78 Å². The molecule has 0 amide bonds. The zero-order chi connectivity index (χ0) is 18.4. The summed E-state index contributed by atoms with van der Waals surface area (Å²) in [5.74, 6) is -0.556. The summed E-state index contributed by atoms with van der Waals surface area (Å²) in [6, 6.07) is 3.44. The molecule has 1 aromatic carbocycles. The average Bonchev–Trinajstić information content (AvgIpc) is 2.98. The van der Waals surface area contributed by atoms with Gasteiger partial charge >= 0.3 is 0 Å². The quantitative estimate of drug-likeness (QED) is 0.367. The molecule has 2 N–H and O–H groups in total. The first-order valence-electron chi connectivity index (χ1n) is 7.88. The van der Waals surface area contributed by atoms with Crippen molar-refractivity contribution in [3.63, 3.8) is 0 Å². The average molecular weight is 495 g/mol. The molecule has 26 heavy (non-hydrogen) atoms. The number of rotatable bonds is 6. The fourth-order valence-corrected chi connectivity index (χ4v) is 3.16. The van der Waals surface area contributed by atoms with Crippen molar-refractivity contribution in [2.45, 2.75) is 19.5 Å². The largest absolute Gasteiger partial charge is 0.354 e. The highest BCUT2D eigenvalue weighted by Crippen LogP contribution is 2.23. The number of benzene rings is 1. The number of nitrogens with one attached hydrogen (secondary N) is 2. The van der Waals surface area contributed by atoms with E-state index in [-0.39, 0.29) is 29.5 Å². The van der Waals surface area contributed by atoms with Crippen LogP contribution in [0.15, 0.2) is 29.4 Å². The van der Waals surface area contributed by atoms with Crippen LogP contribution in [0.5, 0.6) is 0 Å². The van der Waals surface area contributed by atoms with Crippen LogP contribution in [-0.4, -0.2) is 43.5 Å². The van der Waals surface area contributed by atoms with Crippen molar-refractivity contribution in [3.05, 3.63) is 51.5 Å². The summed E-state index contributed by atoms with van der Waals surface area (Å²) in [7, 11) is 5.22. The van der Waals surface area contributed by atoms with Gasteiger partial charge in [-0.2, -0.15) is 0 Å². The van der Waals surface area contributed by atoms with Gasteiger partial charge in [-0.1, -0.05) is 6.07 Å². The topological polar surface area (TPSA) is 52.6 Å². The summed E-state index contributed by atoms with van der Waals surface area (Å²) < 4.78 is 28.2. The van der Waals surface area contributed by atoms with Gasteiger partial charge in [0.1, 0.15) is 16.6 Å². The summed E-state index contributed by atoms with van der Waals surface area (Å²) in [5, 5.41) is 7.23. The standard InChI is InChI=1S/C17H23F2N5S.HI/c1-11-8-21-15(25-11)10-23-17(20-2)22-9-14(24(3)4)16-12(18)6-5-7-13(16)19;/h5-8,14H,9-10H2,1-4H3,(H2,20,22,23);1H. The van der Waals surface area contributed by atoms with Crippen LogP contribution in [0.2, 0.25) is 0 Å². The fourth-order valence-electron chi connectivity index (χ4n) is 2.43. The van der Waals surface area contributed by atoms with Crippen LogP contribution >= 0.6 is 35.3 Å². The highest BCUT2D eigenvalue weighted by molar-refractivity contribution is 14.0. The first-order valence-corrected chi connectivity index (χ1v) is 8.70. The Morgan fingerprint density at radius 1 is 1.27 bits per heavy atom. The molecule has 0 saturated carbocycles. The van der Waals surface area contributed by atoms with E-state index in [0.717, 1.165) is 9.88 Å². The van der Waals surface area contributed by atoms with Crippen LogP contribution in [0.4, 0.5) is 8.78 Å². The Hall–Kier alpha value is -1.33. The molecule has 1 heterocycles. The number of halogens is 3. The van der Waals surface area contributed by atoms with Gasteiger partial charge in [-0.3, -0.25) is 4.99 Å². The zero-order valence-corrected chi connectivity index (χ0v) is 18.4. The molecule has 0 saturated heterocycles. The third-order valence-corrected chi connectivity index (χ3v) is 4.63. The zero-order valence-electron chi connectivity index (χ0n) is 15.2. The van der Waals surface area contributed by atoms with Gasteiger partial charge in [0.25, 0.3) is 0 Å². The fraction of sp³-hybridized carbons (Fsp3) is 0.412. The molecule has 0 bridgehead atoms. The van der Waals surface area contributed by atoms with Gasteiger partial charge in [0, 0.05) is 30.2 Å². The molecule has 1 unspecified atom stereocenters. The Bertz CT molecular complexity index is 715.